The molecule has 2 N–H and O–H groups in total. The molecule has 0 heterocycles. The van der Waals surface area contributed by atoms with Gasteiger partial charge in [-0.25, -0.2) is 0 Å². The van der Waals surface area contributed by atoms with E-state index in [-0.39, 0.29) is 6.61 Å². The fourth-order valence-electron chi connectivity index (χ4n) is 0.352. The van der Waals surface area contributed by atoms with Gasteiger partial charge in [0, 0.05) is 6.08 Å². The van der Waals surface area contributed by atoms with Crippen LogP contribution in [0.2, 0.25) is 0 Å². The van der Waals surface area contributed by atoms with Crippen molar-refractivity contribution in [2.75, 3.05) is 6.61 Å². The van der Waals surface area contributed by atoms with Gasteiger partial charge in [-0.05, 0) is 6.42 Å². The van der Waals surface area contributed by atoms with E-state index in [9.17, 15) is 0 Å². The number of hydrogen-bond acceptors (Lipinski definition) is 3. The number of hydrogen-bond donors (Lipinski definition) is 2. The van der Waals surface area contributed by atoms with E-state index in [2.05, 4.69) is 0 Å². The van der Waals surface area contributed by atoms with Crippen LogP contribution in [0.1, 0.15) is 6.42 Å². The molecule has 0 saturated heterocycles. The van der Waals surface area contributed by atoms with Gasteiger partial charge in [0.2, 0.25) is 0 Å². The second-order valence-corrected chi connectivity index (χ2v) is 1.60. The average Bonchev–Trinajstić information content (AvgIpc) is 1.89. The zero-order chi connectivity index (χ0) is 7.11. The van der Waals surface area contributed by atoms with Gasteiger partial charge in [-0.3, -0.25) is 0 Å². The lowest BCUT2D eigenvalue weighted by atomic mass is 10.2. The molecule has 0 rings (SSSR count). The molecule has 0 bridgehead atoms. The minimum Gasteiger partial charge on any atom is -0.394 e. The summed E-state index contributed by atoms with van der Waals surface area (Å²) in [5.74, 6) is 0. The summed E-state index contributed by atoms with van der Waals surface area (Å²) in [5, 5.41) is 24.9. The van der Waals surface area contributed by atoms with Crippen molar-refractivity contribution in [1.82, 2.24) is 0 Å². The van der Waals surface area contributed by atoms with Crippen molar-refractivity contribution >= 4 is 0 Å². The van der Waals surface area contributed by atoms with Crippen molar-refractivity contribution in [3.05, 3.63) is 12.2 Å². The maximum absolute atomic E-state index is 8.67. The van der Waals surface area contributed by atoms with Crippen LogP contribution in [0.3, 0.4) is 0 Å². The van der Waals surface area contributed by atoms with Crippen LogP contribution < -0.4 is 0 Å². The van der Waals surface area contributed by atoms with E-state index in [1.54, 1.807) is 6.07 Å². The predicted octanol–water partition coefficient (Wildman–Crippen LogP) is -0.191. The molecule has 3 nitrogen and oxygen atoms in total. The quantitative estimate of drug-likeness (QED) is 0.516. The lowest BCUT2D eigenvalue weighted by Gasteiger charge is -1.99. The lowest BCUT2D eigenvalue weighted by Crippen LogP contribution is -2.09. The van der Waals surface area contributed by atoms with Crippen molar-refractivity contribution < 1.29 is 10.2 Å². The molecular formula is C6H9NO2. The molecule has 0 radical (unpaired) electrons. The molecule has 0 aromatic heterocycles. The van der Waals surface area contributed by atoms with Crippen LogP contribution >= 0.6 is 0 Å². The van der Waals surface area contributed by atoms with Crippen molar-refractivity contribution in [3.63, 3.8) is 0 Å². The maximum atomic E-state index is 8.67. The summed E-state index contributed by atoms with van der Waals surface area (Å²) in [6.07, 6.45) is 2.40. The molecule has 0 aromatic carbocycles. The minimum atomic E-state index is -0.727. The molecule has 0 spiro atoms. The van der Waals surface area contributed by atoms with Crippen LogP contribution in [-0.2, 0) is 0 Å². The SMILES string of the molecule is N#CC=CCC(O)CO. The highest BCUT2D eigenvalue weighted by Gasteiger charge is 1.95. The third-order valence-corrected chi connectivity index (χ3v) is 0.811. The lowest BCUT2D eigenvalue weighted by molar-refractivity contribution is 0.0976. The highest BCUT2D eigenvalue weighted by molar-refractivity contribution is 5.01. The molecular weight excluding hydrogens is 118 g/mol. The van der Waals surface area contributed by atoms with E-state index < -0.39 is 6.10 Å². The zero-order valence-corrected chi connectivity index (χ0v) is 4.99. The van der Waals surface area contributed by atoms with Crippen LogP contribution in [-0.4, -0.2) is 22.9 Å². The average molecular weight is 127 g/mol. The molecule has 50 valence electrons. The van der Waals surface area contributed by atoms with Crippen LogP contribution in [0.15, 0.2) is 12.2 Å². The molecule has 0 aromatic rings. The molecule has 9 heavy (non-hydrogen) atoms. The van der Waals surface area contributed by atoms with E-state index in [0.29, 0.717) is 6.42 Å². The summed E-state index contributed by atoms with van der Waals surface area (Å²) in [6, 6.07) is 1.77. The Labute approximate surface area is 53.9 Å². The number of rotatable bonds is 3. The van der Waals surface area contributed by atoms with Crippen LogP contribution in [0, 0.1) is 11.3 Å². The Hall–Kier alpha value is -0.850. The molecule has 1 atom stereocenters. The maximum Gasteiger partial charge on any atom is 0.0908 e. The summed E-state index contributed by atoms with van der Waals surface area (Å²) in [7, 11) is 0. The third kappa shape index (κ3) is 5.01. The van der Waals surface area contributed by atoms with Crippen molar-refractivity contribution in [2.24, 2.45) is 0 Å². The third-order valence-electron chi connectivity index (χ3n) is 0.811. The first-order chi connectivity index (χ1) is 4.31. The standard InChI is InChI=1S/C6H9NO2/c7-4-2-1-3-6(9)5-8/h1-2,6,8-9H,3,5H2. The minimum absolute atomic E-state index is 0.254. The summed E-state index contributed by atoms with van der Waals surface area (Å²) in [4.78, 5) is 0. The largest absolute Gasteiger partial charge is 0.394 e. The first kappa shape index (κ1) is 8.15. The summed E-state index contributed by atoms with van der Waals surface area (Å²) < 4.78 is 0. The number of allylic oxidation sites excluding steroid dienone is 1. The van der Waals surface area contributed by atoms with Crippen LogP contribution in [0.4, 0.5) is 0 Å². The van der Waals surface area contributed by atoms with E-state index in [1.807, 2.05) is 0 Å². The molecule has 0 saturated carbocycles. The Balaban J connectivity index is 3.28. The molecule has 0 aliphatic carbocycles. The zero-order valence-electron chi connectivity index (χ0n) is 4.99. The summed E-state index contributed by atoms with van der Waals surface area (Å²) >= 11 is 0. The molecule has 0 aliphatic heterocycles. The Morgan fingerprint density at radius 3 is 2.78 bits per heavy atom. The monoisotopic (exact) mass is 127 g/mol. The fourth-order valence-corrected chi connectivity index (χ4v) is 0.352. The van der Waals surface area contributed by atoms with E-state index in [4.69, 9.17) is 15.5 Å². The number of aliphatic hydroxyl groups excluding tert-OH is 2. The smallest absolute Gasteiger partial charge is 0.0908 e. The molecule has 1 unspecified atom stereocenters. The fraction of sp³-hybridized carbons (Fsp3) is 0.500. The van der Waals surface area contributed by atoms with Crippen LogP contribution in [0.5, 0.6) is 0 Å². The highest BCUT2D eigenvalue weighted by Crippen LogP contribution is 1.89. The first-order valence-corrected chi connectivity index (χ1v) is 2.64. The van der Waals surface area contributed by atoms with Gasteiger partial charge in [0.15, 0.2) is 0 Å². The molecule has 3 heteroatoms. The highest BCUT2D eigenvalue weighted by atomic mass is 16.3. The molecule has 0 amide bonds. The molecule has 0 fully saturated rings. The van der Waals surface area contributed by atoms with Gasteiger partial charge < -0.3 is 10.2 Å². The van der Waals surface area contributed by atoms with Gasteiger partial charge in [-0.15, -0.1) is 0 Å². The van der Waals surface area contributed by atoms with Gasteiger partial charge in [-0.1, -0.05) is 6.08 Å². The molecule has 0 aliphatic rings. The van der Waals surface area contributed by atoms with Gasteiger partial charge in [0.25, 0.3) is 0 Å². The van der Waals surface area contributed by atoms with Crippen molar-refractivity contribution in [3.8, 4) is 6.07 Å². The summed E-state index contributed by atoms with van der Waals surface area (Å²) in [6.45, 7) is -0.254. The topological polar surface area (TPSA) is 64.2 Å². The Kier molecular flexibility index (Phi) is 4.79. The van der Waals surface area contributed by atoms with Gasteiger partial charge >= 0.3 is 0 Å². The Morgan fingerprint density at radius 2 is 2.33 bits per heavy atom. The van der Waals surface area contributed by atoms with Gasteiger partial charge in [0.1, 0.15) is 0 Å². The normalized spacial score (nSPS) is 13.4. The number of nitrogens with zero attached hydrogens (tertiary/aromatic N) is 1. The van der Waals surface area contributed by atoms with E-state index >= 15 is 0 Å². The second-order valence-electron chi connectivity index (χ2n) is 1.60. The predicted molar refractivity (Wildman–Crippen MR) is 32.5 cm³/mol. The number of nitriles is 1. The van der Waals surface area contributed by atoms with Gasteiger partial charge in [-0.2, -0.15) is 5.26 Å². The van der Waals surface area contributed by atoms with Crippen molar-refractivity contribution in [2.45, 2.75) is 12.5 Å². The van der Waals surface area contributed by atoms with E-state index in [1.165, 1.54) is 12.2 Å². The Morgan fingerprint density at radius 1 is 1.67 bits per heavy atom. The Bertz CT molecular complexity index is 126. The van der Waals surface area contributed by atoms with Crippen LogP contribution in [0.25, 0.3) is 0 Å². The number of aliphatic hydroxyl groups is 2. The summed E-state index contributed by atoms with van der Waals surface area (Å²) in [5.41, 5.74) is 0. The van der Waals surface area contributed by atoms with E-state index in [0.717, 1.165) is 0 Å². The van der Waals surface area contributed by atoms with Crippen molar-refractivity contribution in [1.29, 1.82) is 5.26 Å². The second kappa shape index (κ2) is 5.29. The van der Waals surface area contributed by atoms with Gasteiger partial charge in [0.05, 0.1) is 18.8 Å². The first-order valence-electron chi connectivity index (χ1n) is 2.64.